The molecule has 24 heavy (non-hydrogen) atoms. The number of hydrogen-bond acceptors (Lipinski definition) is 3. The van der Waals surface area contributed by atoms with Crippen LogP contribution in [0, 0.1) is 0 Å². The molecule has 126 valence electrons. The first kappa shape index (κ1) is 16.9. The van der Waals surface area contributed by atoms with E-state index in [-0.39, 0.29) is 22.9 Å². The lowest BCUT2D eigenvalue weighted by Gasteiger charge is -2.32. The highest BCUT2D eigenvalue weighted by atomic mass is 35.5. The predicted molar refractivity (Wildman–Crippen MR) is 91.6 cm³/mol. The normalized spacial score (nSPS) is 15.3. The number of halogens is 2. The highest BCUT2D eigenvalue weighted by Crippen LogP contribution is 2.25. The van der Waals surface area contributed by atoms with Gasteiger partial charge in [0.25, 0.3) is 11.8 Å². The third kappa shape index (κ3) is 3.57. The number of benzene rings is 1. The molecule has 0 atom stereocenters. The van der Waals surface area contributed by atoms with E-state index in [2.05, 4.69) is 5.32 Å². The number of furan rings is 1. The van der Waals surface area contributed by atoms with E-state index in [0.717, 1.165) is 0 Å². The van der Waals surface area contributed by atoms with Gasteiger partial charge in [-0.15, -0.1) is 0 Å². The summed E-state index contributed by atoms with van der Waals surface area (Å²) in [6, 6.07) is 6.62. The molecule has 3 rings (SSSR count). The molecule has 5 nitrogen and oxygen atoms in total. The number of nitrogens with zero attached hydrogens (tertiary/aromatic N) is 1. The maximum absolute atomic E-state index is 12.3. The van der Waals surface area contributed by atoms with Crippen molar-refractivity contribution in [1.82, 2.24) is 10.2 Å². The number of piperidine rings is 1. The van der Waals surface area contributed by atoms with Gasteiger partial charge in [0.05, 0.1) is 27.4 Å². The summed E-state index contributed by atoms with van der Waals surface area (Å²) in [7, 11) is 0. The van der Waals surface area contributed by atoms with Crippen molar-refractivity contribution in [2.45, 2.75) is 18.9 Å². The molecule has 0 saturated carbocycles. The van der Waals surface area contributed by atoms with E-state index in [9.17, 15) is 9.59 Å². The summed E-state index contributed by atoms with van der Waals surface area (Å²) in [5.74, 6) is -0.298. The first-order valence-corrected chi connectivity index (χ1v) is 8.38. The van der Waals surface area contributed by atoms with Gasteiger partial charge < -0.3 is 14.6 Å². The molecule has 0 bridgehead atoms. The lowest BCUT2D eigenvalue weighted by Crippen LogP contribution is -2.46. The average molecular weight is 367 g/mol. The van der Waals surface area contributed by atoms with Gasteiger partial charge in [0.15, 0.2) is 0 Å². The van der Waals surface area contributed by atoms with Crippen molar-refractivity contribution in [1.29, 1.82) is 0 Å². The SMILES string of the molecule is O=C(NC1CCN(C(=O)c2ccoc2)CC1)c1cccc(Cl)c1Cl. The van der Waals surface area contributed by atoms with E-state index in [4.69, 9.17) is 27.6 Å². The fraction of sp³-hybridized carbons (Fsp3) is 0.294. The van der Waals surface area contributed by atoms with Crippen LogP contribution >= 0.6 is 23.2 Å². The number of rotatable bonds is 3. The smallest absolute Gasteiger partial charge is 0.257 e. The first-order valence-electron chi connectivity index (χ1n) is 7.62. The van der Waals surface area contributed by atoms with E-state index in [1.807, 2.05) is 0 Å². The molecule has 2 aromatic rings. The van der Waals surface area contributed by atoms with Crippen molar-refractivity contribution < 1.29 is 14.0 Å². The van der Waals surface area contributed by atoms with Crippen LogP contribution in [-0.4, -0.2) is 35.8 Å². The van der Waals surface area contributed by atoms with Gasteiger partial charge in [0.1, 0.15) is 6.26 Å². The molecule has 1 aliphatic rings. The molecule has 1 aromatic heterocycles. The van der Waals surface area contributed by atoms with Crippen molar-refractivity contribution in [2.75, 3.05) is 13.1 Å². The largest absolute Gasteiger partial charge is 0.472 e. The third-order valence-electron chi connectivity index (χ3n) is 4.08. The average Bonchev–Trinajstić information content (AvgIpc) is 3.12. The van der Waals surface area contributed by atoms with Crippen LogP contribution in [0.4, 0.5) is 0 Å². The van der Waals surface area contributed by atoms with E-state index < -0.39 is 0 Å². The molecular weight excluding hydrogens is 351 g/mol. The maximum atomic E-state index is 12.3. The molecule has 2 heterocycles. The van der Waals surface area contributed by atoms with Crippen LogP contribution in [0.25, 0.3) is 0 Å². The predicted octanol–water partition coefficient (Wildman–Crippen LogP) is 3.62. The van der Waals surface area contributed by atoms with Gasteiger partial charge in [-0.3, -0.25) is 9.59 Å². The van der Waals surface area contributed by atoms with Crippen LogP contribution in [0.5, 0.6) is 0 Å². The highest BCUT2D eigenvalue weighted by molar-refractivity contribution is 6.43. The van der Waals surface area contributed by atoms with Crippen molar-refractivity contribution >= 4 is 35.0 Å². The van der Waals surface area contributed by atoms with Gasteiger partial charge >= 0.3 is 0 Å². The molecule has 1 aromatic carbocycles. The van der Waals surface area contributed by atoms with Gasteiger partial charge in [0, 0.05) is 19.1 Å². The van der Waals surface area contributed by atoms with Crippen LogP contribution in [-0.2, 0) is 0 Å². The zero-order chi connectivity index (χ0) is 17.1. The molecule has 1 saturated heterocycles. The fourth-order valence-electron chi connectivity index (χ4n) is 2.74. The second kappa shape index (κ2) is 7.28. The van der Waals surface area contributed by atoms with Crippen molar-refractivity contribution in [2.24, 2.45) is 0 Å². The minimum Gasteiger partial charge on any atom is -0.472 e. The Labute approximate surface area is 149 Å². The standard InChI is InChI=1S/C17H16Cl2N2O3/c18-14-3-1-2-13(15(14)19)16(22)20-12-4-7-21(8-5-12)17(23)11-6-9-24-10-11/h1-3,6,9-10,12H,4-5,7-8H2,(H,20,22). The summed E-state index contributed by atoms with van der Waals surface area (Å²) in [5, 5.41) is 3.56. The molecule has 7 heteroatoms. The van der Waals surface area contributed by atoms with E-state index in [0.29, 0.717) is 42.1 Å². The Kier molecular flexibility index (Phi) is 5.11. The molecule has 2 amide bonds. The number of carbonyl (C=O) groups excluding carboxylic acids is 2. The zero-order valence-electron chi connectivity index (χ0n) is 12.8. The van der Waals surface area contributed by atoms with Crippen molar-refractivity contribution in [3.05, 3.63) is 58.0 Å². The minimum absolute atomic E-state index is 0.000878. The summed E-state index contributed by atoms with van der Waals surface area (Å²) in [5.41, 5.74) is 0.907. The first-order chi connectivity index (χ1) is 11.6. The second-order valence-electron chi connectivity index (χ2n) is 5.65. The number of amides is 2. The number of carbonyl (C=O) groups is 2. The van der Waals surface area contributed by atoms with E-state index >= 15 is 0 Å². The van der Waals surface area contributed by atoms with Gasteiger partial charge in [-0.05, 0) is 31.0 Å². The van der Waals surface area contributed by atoms with Crippen LogP contribution in [0.2, 0.25) is 10.0 Å². The van der Waals surface area contributed by atoms with Crippen molar-refractivity contribution in [3.63, 3.8) is 0 Å². The lowest BCUT2D eigenvalue weighted by atomic mass is 10.0. The van der Waals surface area contributed by atoms with Crippen LogP contribution in [0.15, 0.2) is 41.2 Å². The minimum atomic E-state index is -0.248. The Hall–Kier alpha value is -1.98. The van der Waals surface area contributed by atoms with Crippen molar-refractivity contribution in [3.8, 4) is 0 Å². The summed E-state index contributed by atoms with van der Waals surface area (Å²) in [4.78, 5) is 26.3. The van der Waals surface area contributed by atoms with Crippen LogP contribution in [0.1, 0.15) is 33.6 Å². The van der Waals surface area contributed by atoms with Crippen LogP contribution in [0.3, 0.4) is 0 Å². The Morgan fingerprint density at radius 3 is 2.58 bits per heavy atom. The number of nitrogens with one attached hydrogen (secondary N) is 1. The molecular formula is C17H16Cl2N2O3. The Morgan fingerprint density at radius 2 is 1.92 bits per heavy atom. The third-order valence-corrected chi connectivity index (χ3v) is 4.90. The summed E-state index contributed by atoms with van der Waals surface area (Å²) in [6.45, 7) is 1.16. The molecule has 0 unspecified atom stereocenters. The maximum Gasteiger partial charge on any atom is 0.257 e. The van der Waals surface area contributed by atoms with Gasteiger partial charge in [0.2, 0.25) is 0 Å². The summed E-state index contributed by atoms with van der Waals surface area (Å²) in [6.07, 6.45) is 4.30. The monoisotopic (exact) mass is 366 g/mol. The molecule has 1 N–H and O–H groups in total. The number of hydrogen-bond donors (Lipinski definition) is 1. The van der Waals surface area contributed by atoms with Crippen LogP contribution < -0.4 is 5.32 Å². The molecule has 0 spiro atoms. The Balaban J connectivity index is 1.56. The number of likely N-dealkylation sites (tertiary alicyclic amines) is 1. The molecule has 1 aliphatic heterocycles. The zero-order valence-corrected chi connectivity index (χ0v) is 14.3. The highest BCUT2D eigenvalue weighted by Gasteiger charge is 2.25. The lowest BCUT2D eigenvalue weighted by molar-refractivity contribution is 0.0697. The Morgan fingerprint density at radius 1 is 1.17 bits per heavy atom. The van der Waals surface area contributed by atoms with Gasteiger partial charge in [-0.2, -0.15) is 0 Å². The van der Waals surface area contributed by atoms with Gasteiger partial charge in [-0.1, -0.05) is 29.3 Å². The fourth-order valence-corrected chi connectivity index (χ4v) is 3.12. The molecule has 0 radical (unpaired) electrons. The molecule has 1 fully saturated rings. The van der Waals surface area contributed by atoms with E-state index in [1.165, 1.54) is 12.5 Å². The summed E-state index contributed by atoms with van der Waals surface area (Å²) < 4.78 is 4.94. The van der Waals surface area contributed by atoms with E-state index in [1.54, 1.807) is 29.2 Å². The Bertz CT molecular complexity index is 738. The summed E-state index contributed by atoms with van der Waals surface area (Å²) >= 11 is 12.0. The topological polar surface area (TPSA) is 62.6 Å². The van der Waals surface area contributed by atoms with Gasteiger partial charge in [-0.25, -0.2) is 0 Å². The molecule has 0 aliphatic carbocycles. The second-order valence-corrected chi connectivity index (χ2v) is 6.44. The quantitative estimate of drug-likeness (QED) is 0.901.